The van der Waals surface area contributed by atoms with E-state index >= 15 is 0 Å². The molecule has 0 fully saturated rings. The van der Waals surface area contributed by atoms with Crippen molar-refractivity contribution in [2.45, 2.75) is 71.9 Å². The van der Waals surface area contributed by atoms with Gasteiger partial charge in [0.25, 0.3) is 0 Å². The number of alkyl halides is 1. The Hall–Kier alpha value is -0.0500. The fraction of sp³-hybridized carbons (Fsp3) is 0.857. The van der Waals surface area contributed by atoms with Crippen LogP contribution in [0.1, 0.15) is 53.4 Å². The molecule has 102 valence electrons. The third-order valence-electron chi connectivity index (χ3n) is 2.10. The Morgan fingerprint density at radius 1 is 0.941 bits per heavy atom. The molecule has 0 aliphatic carbocycles. The summed E-state index contributed by atoms with van der Waals surface area (Å²) in [5.74, 6) is 0.753. The van der Waals surface area contributed by atoms with E-state index in [9.17, 15) is 0 Å². The molecule has 0 unspecified atom stereocenters. The fourth-order valence-electron chi connectivity index (χ4n) is 1.43. The maximum atomic E-state index is 5.69. The van der Waals surface area contributed by atoms with Crippen molar-refractivity contribution in [1.29, 1.82) is 0 Å². The van der Waals surface area contributed by atoms with Crippen LogP contribution in [0.4, 0.5) is 0 Å². The highest BCUT2D eigenvalue weighted by molar-refractivity contribution is 6.17. The van der Waals surface area contributed by atoms with E-state index in [2.05, 4.69) is 12.2 Å². The molecule has 0 radical (unpaired) electrons. The number of rotatable bonds is 10. The minimum absolute atomic E-state index is 0.126. The average molecular weight is 263 g/mol. The average Bonchev–Trinajstić information content (AvgIpc) is 2.21. The lowest BCUT2D eigenvalue weighted by atomic mass is 10.2. The predicted octanol–water partition coefficient (Wildman–Crippen LogP) is 4.52. The minimum Gasteiger partial charge on any atom is -0.350 e. The Balaban J connectivity index is 3.81. The van der Waals surface area contributed by atoms with Gasteiger partial charge in [0.15, 0.2) is 6.29 Å². The van der Waals surface area contributed by atoms with Crippen LogP contribution >= 0.6 is 11.6 Å². The third-order valence-corrected chi connectivity index (χ3v) is 2.36. The molecule has 0 aliphatic rings. The third kappa shape index (κ3) is 12.2. The molecule has 0 aromatic rings. The standard InChI is InChI=1S/C14H27ClO2/c1-12(2)16-14(17-13(3)4)10-8-6-5-7-9-11-15/h6,8,12-14H,5,7,9-11H2,1-4H3/b8-6-. The maximum Gasteiger partial charge on any atom is 0.161 e. The van der Waals surface area contributed by atoms with Crippen LogP contribution in [0.25, 0.3) is 0 Å². The van der Waals surface area contributed by atoms with Gasteiger partial charge >= 0.3 is 0 Å². The monoisotopic (exact) mass is 262 g/mol. The lowest BCUT2D eigenvalue weighted by Gasteiger charge is -2.21. The zero-order chi connectivity index (χ0) is 13.1. The topological polar surface area (TPSA) is 18.5 Å². The number of ether oxygens (including phenoxy) is 2. The van der Waals surface area contributed by atoms with Gasteiger partial charge in [-0.15, -0.1) is 11.6 Å². The van der Waals surface area contributed by atoms with Gasteiger partial charge in [-0.2, -0.15) is 0 Å². The van der Waals surface area contributed by atoms with Gasteiger partial charge in [0, 0.05) is 12.3 Å². The second-order valence-electron chi connectivity index (χ2n) is 4.69. The molecule has 0 saturated carbocycles. The summed E-state index contributed by atoms with van der Waals surface area (Å²) in [5, 5.41) is 0. The fourth-order valence-corrected chi connectivity index (χ4v) is 1.62. The molecule has 0 heterocycles. The second-order valence-corrected chi connectivity index (χ2v) is 5.07. The smallest absolute Gasteiger partial charge is 0.161 e. The molecule has 0 bridgehead atoms. The summed E-state index contributed by atoms with van der Waals surface area (Å²) >= 11 is 5.62. The maximum absolute atomic E-state index is 5.69. The van der Waals surface area contributed by atoms with Crippen molar-refractivity contribution in [3.63, 3.8) is 0 Å². The van der Waals surface area contributed by atoms with Crippen molar-refractivity contribution < 1.29 is 9.47 Å². The molecule has 2 nitrogen and oxygen atoms in total. The summed E-state index contributed by atoms with van der Waals surface area (Å²) in [6.45, 7) is 8.11. The molecule has 0 aromatic heterocycles. The summed E-state index contributed by atoms with van der Waals surface area (Å²) in [6.07, 6.45) is 8.74. The van der Waals surface area contributed by atoms with Gasteiger partial charge in [-0.25, -0.2) is 0 Å². The van der Waals surface area contributed by atoms with Crippen LogP contribution in [0.15, 0.2) is 12.2 Å². The van der Waals surface area contributed by atoms with Gasteiger partial charge in [-0.3, -0.25) is 0 Å². The molecule has 17 heavy (non-hydrogen) atoms. The lowest BCUT2D eigenvalue weighted by molar-refractivity contribution is -0.178. The van der Waals surface area contributed by atoms with Crippen LogP contribution in [0.3, 0.4) is 0 Å². The van der Waals surface area contributed by atoms with Crippen molar-refractivity contribution in [2.24, 2.45) is 0 Å². The zero-order valence-corrected chi connectivity index (χ0v) is 12.4. The first kappa shape index (κ1) is 16.9. The van der Waals surface area contributed by atoms with E-state index in [-0.39, 0.29) is 18.5 Å². The Morgan fingerprint density at radius 3 is 2.00 bits per heavy atom. The summed E-state index contributed by atoms with van der Waals surface area (Å²) in [7, 11) is 0. The van der Waals surface area contributed by atoms with E-state index in [1.54, 1.807) is 0 Å². The molecule has 3 heteroatoms. The second kappa shape index (κ2) is 11.1. The van der Waals surface area contributed by atoms with Crippen LogP contribution in [0.5, 0.6) is 0 Å². The molecule has 0 aliphatic heterocycles. The first-order valence-corrected chi connectivity index (χ1v) is 7.11. The molecule has 0 atom stereocenters. The normalized spacial score (nSPS) is 12.5. The first-order valence-electron chi connectivity index (χ1n) is 6.58. The van der Waals surface area contributed by atoms with Gasteiger partial charge in [0.1, 0.15) is 0 Å². The van der Waals surface area contributed by atoms with E-state index in [1.165, 1.54) is 0 Å². The molecule has 0 N–H and O–H groups in total. The van der Waals surface area contributed by atoms with E-state index in [4.69, 9.17) is 21.1 Å². The molecule has 0 aromatic carbocycles. The molecule has 0 rings (SSSR count). The number of halogens is 1. The highest BCUT2D eigenvalue weighted by Gasteiger charge is 2.11. The van der Waals surface area contributed by atoms with Crippen molar-refractivity contribution in [1.82, 2.24) is 0 Å². The first-order chi connectivity index (χ1) is 8.06. The number of allylic oxidation sites excluding steroid dienone is 1. The lowest BCUT2D eigenvalue weighted by Crippen LogP contribution is -2.23. The van der Waals surface area contributed by atoms with Crippen LogP contribution in [-0.2, 0) is 9.47 Å². The van der Waals surface area contributed by atoms with Gasteiger partial charge < -0.3 is 9.47 Å². The summed E-state index contributed by atoms with van der Waals surface area (Å²) < 4.78 is 11.4. The number of unbranched alkanes of at least 4 members (excludes halogenated alkanes) is 2. The molecular weight excluding hydrogens is 236 g/mol. The Morgan fingerprint density at radius 2 is 1.53 bits per heavy atom. The minimum atomic E-state index is -0.126. The van der Waals surface area contributed by atoms with Crippen molar-refractivity contribution in [3.8, 4) is 0 Å². The summed E-state index contributed by atoms with van der Waals surface area (Å²) in [5.41, 5.74) is 0. The van der Waals surface area contributed by atoms with Gasteiger partial charge in [0.05, 0.1) is 12.2 Å². The Kier molecular flexibility index (Phi) is 11.0. The largest absolute Gasteiger partial charge is 0.350 e. The van der Waals surface area contributed by atoms with Crippen molar-refractivity contribution in [2.75, 3.05) is 5.88 Å². The molecule has 0 amide bonds. The van der Waals surface area contributed by atoms with Gasteiger partial charge in [-0.05, 0) is 47.0 Å². The summed E-state index contributed by atoms with van der Waals surface area (Å²) in [6, 6.07) is 0. The van der Waals surface area contributed by atoms with Gasteiger partial charge in [-0.1, -0.05) is 12.2 Å². The van der Waals surface area contributed by atoms with E-state index < -0.39 is 0 Å². The van der Waals surface area contributed by atoms with Crippen LogP contribution in [0, 0.1) is 0 Å². The highest BCUT2D eigenvalue weighted by atomic mass is 35.5. The van der Waals surface area contributed by atoms with E-state index in [0.717, 1.165) is 31.6 Å². The Labute approximate surface area is 111 Å². The van der Waals surface area contributed by atoms with Gasteiger partial charge in [0.2, 0.25) is 0 Å². The van der Waals surface area contributed by atoms with Crippen LogP contribution < -0.4 is 0 Å². The highest BCUT2D eigenvalue weighted by Crippen LogP contribution is 2.09. The predicted molar refractivity (Wildman–Crippen MR) is 74.6 cm³/mol. The quantitative estimate of drug-likeness (QED) is 0.249. The van der Waals surface area contributed by atoms with E-state index in [1.807, 2.05) is 27.7 Å². The van der Waals surface area contributed by atoms with E-state index in [0.29, 0.717) is 0 Å². The van der Waals surface area contributed by atoms with Crippen LogP contribution in [0.2, 0.25) is 0 Å². The number of hydrogen-bond donors (Lipinski definition) is 0. The SMILES string of the molecule is CC(C)OC(C/C=C\CCCCCl)OC(C)C. The summed E-state index contributed by atoms with van der Waals surface area (Å²) in [4.78, 5) is 0. The van der Waals surface area contributed by atoms with Crippen LogP contribution in [-0.4, -0.2) is 24.4 Å². The zero-order valence-electron chi connectivity index (χ0n) is 11.6. The van der Waals surface area contributed by atoms with Crippen molar-refractivity contribution >= 4 is 11.6 Å². The molecular formula is C14H27ClO2. The number of hydrogen-bond acceptors (Lipinski definition) is 2. The Bertz CT molecular complexity index is 181. The van der Waals surface area contributed by atoms with Crippen molar-refractivity contribution in [3.05, 3.63) is 12.2 Å². The molecule has 0 spiro atoms. The molecule has 0 saturated heterocycles.